The van der Waals surface area contributed by atoms with Gasteiger partial charge >= 0.3 is 0 Å². The van der Waals surface area contributed by atoms with Crippen LogP contribution >= 0.6 is 0 Å². The Kier molecular flexibility index (Phi) is 4.15. The van der Waals surface area contributed by atoms with Crippen LogP contribution < -0.4 is 10.6 Å². The van der Waals surface area contributed by atoms with Gasteiger partial charge in [-0.25, -0.2) is 0 Å². The number of carbonyl (C=O) groups excluding carboxylic acids is 1. The van der Waals surface area contributed by atoms with E-state index in [1.165, 1.54) is 11.1 Å². The molecule has 1 saturated heterocycles. The van der Waals surface area contributed by atoms with Gasteiger partial charge in [-0.15, -0.1) is 0 Å². The Balaban J connectivity index is 1.77. The summed E-state index contributed by atoms with van der Waals surface area (Å²) in [6.45, 7) is 4.02. The normalized spacial score (nSPS) is 19.2. The molecule has 17 heavy (non-hydrogen) atoms. The van der Waals surface area contributed by atoms with E-state index in [-0.39, 0.29) is 5.91 Å². The van der Waals surface area contributed by atoms with Crippen molar-refractivity contribution in [2.75, 3.05) is 13.1 Å². The second-order valence-electron chi connectivity index (χ2n) is 4.68. The molecule has 1 aliphatic rings. The molecule has 1 aromatic carbocycles. The van der Waals surface area contributed by atoms with Crippen molar-refractivity contribution in [2.24, 2.45) is 0 Å². The van der Waals surface area contributed by atoms with E-state index in [0.717, 1.165) is 25.9 Å². The Morgan fingerprint density at radius 1 is 1.47 bits per heavy atom. The highest BCUT2D eigenvalue weighted by molar-refractivity contribution is 5.76. The Morgan fingerprint density at radius 3 is 3.00 bits per heavy atom. The fraction of sp³-hybridized carbons (Fsp3) is 0.500. The van der Waals surface area contributed by atoms with Gasteiger partial charge in [0.15, 0.2) is 0 Å². The second-order valence-corrected chi connectivity index (χ2v) is 4.68. The van der Waals surface area contributed by atoms with E-state index in [2.05, 4.69) is 29.7 Å². The van der Waals surface area contributed by atoms with Crippen molar-refractivity contribution < 1.29 is 4.79 Å². The topological polar surface area (TPSA) is 41.1 Å². The van der Waals surface area contributed by atoms with Gasteiger partial charge in [0.1, 0.15) is 0 Å². The number of hydrogen-bond donors (Lipinski definition) is 2. The number of nitrogens with one attached hydrogen (secondary N) is 2. The fourth-order valence-electron chi connectivity index (χ4n) is 2.22. The van der Waals surface area contributed by atoms with Crippen molar-refractivity contribution in [3.8, 4) is 0 Å². The molecule has 0 spiro atoms. The number of aryl methyl sites for hydroxylation is 2. The molecule has 1 fully saturated rings. The smallest absolute Gasteiger partial charge is 0.220 e. The number of amides is 1. The van der Waals surface area contributed by atoms with E-state index >= 15 is 0 Å². The van der Waals surface area contributed by atoms with Crippen molar-refractivity contribution in [1.29, 1.82) is 0 Å². The molecule has 1 aromatic rings. The first-order valence-electron chi connectivity index (χ1n) is 6.30. The molecular weight excluding hydrogens is 212 g/mol. The van der Waals surface area contributed by atoms with Crippen LogP contribution in [0, 0.1) is 6.92 Å². The SMILES string of the molecule is Cc1ccccc1CCC(=O)NC1CCNC1. The van der Waals surface area contributed by atoms with Crippen molar-refractivity contribution in [3.05, 3.63) is 35.4 Å². The highest BCUT2D eigenvalue weighted by Gasteiger charge is 2.16. The highest BCUT2D eigenvalue weighted by atomic mass is 16.1. The van der Waals surface area contributed by atoms with Crippen LogP contribution in [0.15, 0.2) is 24.3 Å². The molecule has 1 heterocycles. The highest BCUT2D eigenvalue weighted by Crippen LogP contribution is 2.09. The van der Waals surface area contributed by atoms with Crippen LogP contribution in [0.3, 0.4) is 0 Å². The van der Waals surface area contributed by atoms with Crippen LogP contribution in [0.1, 0.15) is 24.0 Å². The van der Waals surface area contributed by atoms with Crippen molar-refractivity contribution in [3.63, 3.8) is 0 Å². The van der Waals surface area contributed by atoms with Gasteiger partial charge in [-0.1, -0.05) is 24.3 Å². The number of carbonyl (C=O) groups is 1. The average molecular weight is 232 g/mol. The number of hydrogen-bond acceptors (Lipinski definition) is 2. The summed E-state index contributed by atoms with van der Waals surface area (Å²) in [6, 6.07) is 8.58. The summed E-state index contributed by atoms with van der Waals surface area (Å²) >= 11 is 0. The van der Waals surface area contributed by atoms with Gasteiger partial charge in [-0.2, -0.15) is 0 Å². The van der Waals surface area contributed by atoms with Crippen LogP contribution in [0.4, 0.5) is 0 Å². The maximum Gasteiger partial charge on any atom is 0.220 e. The Hall–Kier alpha value is -1.35. The van der Waals surface area contributed by atoms with Gasteiger partial charge in [0.25, 0.3) is 0 Å². The van der Waals surface area contributed by atoms with E-state index in [4.69, 9.17) is 0 Å². The van der Waals surface area contributed by atoms with Gasteiger partial charge in [0, 0.05) is 19.0 Å². The summed E-state index contributed by atoms with van der Waals surface area (Å²) in [5.41, 5.74) is 2.54. The number of rotatable bonds is 4. The first kappa shape index (κ1) is 12.1. The molecule has 1 atom stereocenters. The summed E-state index contributed by atoms with van der Waals surface area (Å²) in [7, 11) is 0. The first-order valence-corrected chi connectivity index (χ1v) is 6.30. The third kappa shape index (κ3) is 3.56. The quantitative estimate of drug-likeness (QED) is 0.824. The summed E-state index contributed by atoms with van der Waals surface area (Å²) in [5.74, 6) is 0.168. The second kappa shape index (κ2) is 5.82. The maximum absolute atomic E-state index is 11.7. The monoisotopic (exact) mass is 232 g/mol. The summed E-state index contributed by atoms with van der Waals surface area (Å²) in [6.07, 6.45) is 2.47. The zero-order chi connectivity index (χ0) is 12.1. The lowest BCUT2D eigenvalue weighted by Crippen LogP contribution is -2.36. The molecule has 1 amide bonds. The standard InChI is InChI=1S/C14H20N2O/c1-11-4-2-3-5-12(11)6-7-14(17)16-13-8-9-15-10-13/h2-5,13,15H,6-10H2,1H3,(H,16,17). The first-order chi connectivity index (χ1) is 8.25. The van der Waals surface area contributed by atoms with E-state index in [9.17, 15) is 4.79 Å². The van der Waals surface area contributed by atoms with Crippen molar-refractivity contribution in [2.45, 2.75) is 32.2 Å². The van der Waals surface area contributed by atoms with Crippen molar-refractivity contribution >= 4 is 5.91 Å². The van der Waals surface area contributed by atoms with Gasteiger partial charge in [0.05, 0.1) is 0 Å². The van der Waals surface area contributed by atoms with Crippen molar-refractivity contribution in [1.82, 2.24) is 10.6 Å². The molecule has 2 rings (SSSR count). The lowest BCUT2D eigenvalue weighted by Gasteiger charge is -2.11. The lowest BCUT2D eigenvalue weighted by atomic mass is 10.0. The predicted octanol–water partition coefficient (Wildman–Crippen LogP) is 1.41. The number of benzene rings is 1. The minimum atomic E-state index is 0.168. The molecule has 0 aromatic heterocycles. The minimum Gasteiger partial charge on any atom is -0.352 e. The van der Waals surface area contributed by atoms with Crippen LogP contribution in [0.25, 0.3) is 0 Å². The van der Waals surface area contributed by atoms with Gasteiger partial charge in [-0.05, 0) is 37.4 Å². The van der Waals surface area contributed by atoms with Gasteiger partial charge in [0.2, 0.25) is 5.91 Å². The fourth-order valence-corrected chi connectivity index (χ4v) is 2.22. The molecule has 1 unspecified atom stereocenters. The molecule has 1 aliphatic heterocycles. The summed E-state index contributed by atoms with van der Waals surface area (Å²) in [4.78, 5) is 11.7. The third-order valence-corrected chi connectivity index (χ3v) is 3.31. The lowest BCUT2D eigenvalue weighted by molar-refractivity contribution is -0.121. The zero-order valence-corrected chi connectivity index (χ0v) is 10.3. The van der Waals surface area contributed by atoms with Crippen LogP contribution in [-0.2, 0) is 11.2 Å². The largest absolute Gasteiger partial charge is 0.352 e. The molecule has 3 nitrogen and oxygen atoms in total. The molecule has 2 N–H and O–H groups in total. The molecular formula is C14H20N2O. The molecule has 92 valence electrons. The van der Waals surface area contributed by atoms with Gasteiger partial charge in [-0.3, -0.25) is 4.79 Å². The van der Waals surface area contributed by atoms with Gasteiger partial charge < -0.3 is 10.6 Å². The van der Waals surface area contributed by atoms with Crippen LogP contribution in [0.2, 0.25) is 0 Å². The van der Waals surface area contributed by atoms with Crippen LogP contribution in [-0.4, -0.2) is 25.0 Å². The zero-order valence-electron chi connectivity index (χ0n) is 10.3. The summed E-state index contributed by atoms with van der Waals surface area (Å²) < 4.78 is 0. The van der Waals surface area contributed by atoms with E-state index in [0.29, 0.717) is 12.5 Å². The average Bonchev–Trinajstić information content (AvgIpc) is 2.81. The predicted molar refractivity (Wildman–Crippen MR) is 68.9 cm³/mol. The summed E-state index contributed by atoms with van der Waals surface area (Å²) in [5, 5.41) is 6.31. The maximum atomic E-state index is 11.7. The van der Waals surface area contributed by atoms with E-state index < -0.39 is 0 Å². The Morgan fingerprint density at radius 2 is 2.29 bits per heavy atom. The molecule has 0 aliphatic carbocycles. The molecule has 3 heteroatoms. The minimum absolute atomic E-state index is 0.168. The van der Waals surface area contributed by atoms with Crippen LogP contribution in [0.5, 0.6) is 0 Å². The molecule has 0 radical (unpaired) electrons. The molecule has 0 saturated carbocycles. The Labute approximate surface area is 103 Å². The van der Waals surface area contributed by atoms with E-state index in [1.54, 1.807) is 0 Å². The molecule has 0 bridgehead atoms. The van der Waals surface area contributed by atoms with E-state index in [1.807, 2.05) is 12.1 Å². The Bertz CT molecular complexity index is 384. The third-order valence-electron chi connectivity index (χ3n) is 3.31.